The smallest absolute Gasteiger partial charge is 0.411 e. The van der Waals surface area contributed by atoms with Crippen LogP contribution in [0, 0.1) is 0 Å². The van der Waals surface area contributed by atoms with E-state index >= 15 is 0 Å². The molecule has 1 saturated heterocycles. The summed E-state index contributed by atoms with van der Waals surface area (Å²) >= 11 is 0. The first-order valence-corrected chi connectivity index (χ1v) is 8.18. The average molecular weight is 323 g/mol. The number of aliphatic carboxylic acids is 1. The SMILES string of the molecule is CC(C)(C)OC(=O)N1C[C@@H](OS(C)(=O)=O)C[C@@]1(C)C(=O)O. The van der Waals surface area contributed by atoms with Crippen molar-refractivity contribution in [2.45, 2.75) is 51.4 Å². The number of hydrogen-bond donors (Lipinski definition) is 1. The quantitative estimate of drug-likeness (QED) is 0.765. The molecule has 1 rings (SSSR count). The summed E-state index contributed by atoms with van der Waals surface area (Å²) in [5.41, 5.74) is -2.36. The maximum absolute atomic E-state index is 12.1. The van der Waals surface area contributed by atoms with Gasteiger partial charge in [0.1, 0.15) is 11.1 Å². The molecule has 21 heavy (non-hydrogen) atoms. The second-order valence-corrected chi connectivity index (χ2v) is 7.90. The topological polar surface area (TPSA) is 110 Å². The zero-order valence-electron chi connectivity index (χ0n) is 12.7. The number of nitrogens with zero attached hydrogens (tertiary/aromatic N) is 1. The fraction of sp³-hybridized carbons (Fsp3) is 0.833. The Morgan fingerprint density at radius 2 is 1.86 bits per heavy atom. The zero-order chi connectivity index (χ0) is 16.6. The van der Waals surface area contributed by atoms with Crippen LogP contribution in [0.3, 0.4) is 0 Å². The minimum atomic E-state index is -3.74. The van der Waals surface area contributed by atoms with Gasteiger partial charge < -0.3 is 9.84 Å². The van der Waals surface area contributed by atoms with Gasteiger partial charge in [0.05, 0.1) is 18.9 Å². The van der Waals surface area contributed by atoms with Gasteiger partial charge in [-0.1, -0.05) is 0 Å². The van der Waals surface area contributed by atoms with Gasteiger partial charge in [-0.05, 0) is 27.7 Å². The van der Waals surface area contributed by atoms with Crippen molar-refractivity contribution in [3.05, 3.63) is 0 Å². The average Bonchev–Trinajstić information content (AvgIpc) is 2.51. The number of likely N-dealkylation sites (tertiary alicyclic amines) is 1. The summed E-state index contributed by atoms with van der Waals surface area (Å²) in [6.07, 6.45) is -0.976. The van der Waals surface area contributed by atoms with Gasteiger partial charge in [0, 0.05) is 6.42 Å². The summed E-state index contributed by atoms with van der Waals surface area (Å²) in [7, 11) is -3.74. The van der Waals surface area contributed by atoms with Crippen molar-refractivity contribution in [3.63, 3.8) is 0 Å². The van der Waals surface area contributed by atoms with E-state index in [1.54, 1.807) is 20.8 Å². The van der Waals surface area contributed by atoms with Crippen LogP contribution in [0.15, 0.2) is 0 Å². The van der Waals surface area contributed by atoms with Crippen molar-refractivity contribution in [1.82, 2.24) is 4.90 Å². The normalized spacial score (nSPS) is 26.7. The van der Waals surface area contributed by atoms with Crippen molar-refractivity contribution < 1.29 is 32.0 Å². The highest BCUT2D eigenvalue weighted by atomic mass is 32.2. The van der Waals surface area contributed by atoms with Crippen LogP contribution in [0.2, 0.25) is 0 Å². The predicted molar refractivity (Wildman–Crippen MR) is 73.3 cm³/mol. The summed E-state index contributed by atoms with van der Waals surface area (Å²) in [6, 6.07) is 0. The second-order valence-electron chi connectivity index (χ2n) is 6.30. The molecule has 0 aromatic rings. The highest BCUT2D eigenvalue weighted by Gasteiger charge is 2.52. The lowest BCUT2D eigenvalue weighted by Gasteiger charge is -2.32. The summed E-state index contributed by atoms with van der Waals surface area (Å²) in [4.78, 5) is 24.6. The monoisotopic (exact) mass is 323 g/mol. The van der Waals surface area contributed by atoms with E-state index in [-0.39, 0.29) is 13.0 Å². The minimum Gasteiger partial charge on any atom is -0.480 e. The Morgan fingerprint density at radius 3 is 2.24 bits per heavy atom. The van der Waals surface area contributed by atoms with E-state index in [4.69, 9.17) is 8.92 Å². The third-order valence-electron chi connectivity index (χ3n) is 2.99. The van der Waals surface area contributed by atoms with Crippen molar-refractivity contribution >= 4 is 22.2 Å². The summed E-state index contributed by atoms with van der Waals surface area (Å²) < 4.78 is 32.3. The maximum atomic E-state index is 12.1. The Balaban J connectivity index is 2.99. The molecule has 1 aliphatic rings. The van der Waals surface area contributed by atoms with Gasteiger partial charge >= 0.3 is 12.1 Å². The highest BCUT2D eigenvalue weighted by molar-refractivity contribution is 7.86. The maximum Gasteiger partial charge on any atom is 0.411 e. The van der Waals surface area contributed by atoms with Crippen LogP contribution >= 0.6 is 0 Å². The lowest BCUT2D eigenvalue weighted by Crippen LogP contribution is -2.52. The number of carboxylic acids is 1. The standard InChI is InChI=1S/C12H21NO7S/c1-11(2,3)19-10(16)13-7-8(20-21(5,17)18)6-12(13,4)9(14)15/h8H,6-7H2,1-5H3,(H,14,15)/t8-,12-/m0/s1. The van der Waals surface area contributed by atoms with Gasteiger partial charge in [-0.2, -0.15) is 8.42 Å². The number of hydrogen-bond acceptors (Lipinski definition) is 6. The number of ether oxygens (including phenoxy) is 1. The molecule has 0 aromatic heterocycles. The summed E-state index contributed by atoms with van der Waals surface area (Å²) in [5.74, 6) is -1.24. The largest absolute Gasteiger partial charge is 0.480 e. The van der Waals surface area contributed by atoms with Gasteiger partial charge in [-0.25, -0.2) is 9.59 Å². The Hall–Kier alpha value is -1.35. The molecule has 1 amide bonds. The van der Waals surface area contributed by atoms with Crippen LogP contribution in [0.4, 0.5) is 4.79 Å². The van der Waals surface area contributed by atoms with Crippen molar-refractivity contribution in [2.24, 2.45) is 0 Å². The predicted octanol–water partition coefficient (Wildman–Crippen LogP) is 0.815. The summed E-state index contributed by atoms with van der Waals surface area (Å²) in [6.45, 7) is 6.15. The van der Waals surface area contributed by atoms with Crippen molar-refractivity contribution in [2.75, 3.05) is 12.8 Å². The fourth-order valence-corrected chi connectivity index (χ4v) is 2.75. The molecule has 9 heteroatoms. The molecule has 1 fully saturated rings. The molecule has 0 saturated carbocycles. The van der Waals surface area contributed by atoms with E-state index in [9.17, 15) is 23.1 Å². The first kappa shape index (κ1) is 17.7. The van der Waals surface area contributed by atoms with Crippen LogP contribution in [0.25, 0.3) is 0 Å². The second kappa shape index (κ2) is 5.45. The van der Waals surface area contributed by atoms with Gasteiger partial charge in [0.2, 0.25) is 0 Å². The van der Waals surface area contributed by atoms with E-state index in [2.05, 4.69) is 0 Å². The third kappa shape index (κ3) is 4.57. The third-order valence-corrected chi connectivity index (χ3v) is 3.61. The van der Waals surface area contributed by atoms with Gasteiger partial charge in [-0.15, -0.1) is 0 Å². The molecule has 0 unspecified atom stereocenters. The summed E-state index contributed by atoms with van der Waals surface area (Å²) in [5, 5.41) is 9.35. The van der Waals surface area contributed by atoms with Crippen LogP contribution in [-0.2, 0) is 23.8 Å². The first-order valence-electron chi connectivity index (χ1n) is 6.37. The van der Waals surface area contributed by atoms with Crippen LogP contribution in [0.5, 0.6) is 0 Å². The van der Waals surface area contributed by atoms with Gasteiger partial charge in [0.15, 0.2) is 0 Å². The number of carbonyl (C=O) groups is 2. The zero-order valence-corrected chi connectivity index (χ0v) is 13.6. The Kier molecular flexibility index (Phi) is 4.59. The molecule has 122 valence electrons. The minimum absolute atomic E-state index is 0.130. The van der Waals surface area contributed by atoms with Crippen LogP contribution in [-0.4, -0.2) is 60.5 Å². The number of rotatable bonds is 3. The molecule has 1 heterocycles. The molecule has 0 bridgehead atoms. The molecule has 2 atom stereocenters. The lowest BCUT2D eigenvalue weighted by molar-refractivity contribution is -0.148. The van der Waals surface area contributed by atoms with E-state index in [0.29, 0.717) is 0 Å². The molecule has 0 radical (unpaired) electrons. The molecule has 1 aliphatic heterocycles. The van der Waals surface area contributed by atoms with E-state index in [1.165, 1.54) is 6.92 Å². The van der Waals surface area contributed by atoms with Crippen molar-refractivity contribution in [1.29, 1.82) is 0 Å². The van der Waals surface area contributed by atoms with E-state index in [1.807, 2.05) is 0 Å². The van der Waals surface area contributed by atoms with Gasteiger partial charge in [0.25, 0.3) is 10.1 Å². The van der Waals surface area contributed by atoms with Crippen LogP contribution in [0.1, 0.15) is 34.1 Å². The molecule has 0 aliphatic carbocycles. The fourth-order valence-electron chi connectivity index (χ4n) is 2.13. The first-order chi connectivity index (χ1) is 9.24. The lowest BCUT2D eigenvalue weighted by atomic mass is 9.99. The molecule has 0 spiro atoms. The van der Waals surface area contributed by atoms with E-state index in [0.717, 1.165) is 11.2 Å². The number of carbonyl (C=O) groups excluding carboxylic acids is 1. The highest BCUT2D eigenvalue weighted by Crippen LogP contribution is 2.33. The molecule has 1 N–H and O–H groups in total. The Labute approximate surface area is 124 Å². The van der Waals surface area contributed by atoms with E-state index < -0.39 is 39.4 Å². The van der Waals surface area contributed by atoms with Crippen LogP contribution < -0.4 is 0 Å². The molecule has 8 nitrogen and oxygen atoms in total. The molecular weight excluding hydrogens is 302 g/mol. The van der Waals surface area contributed by atoms with Gasteiger partial charge in [-0.3, -0.25) is 9.08 Å². The number of amides is 1. The Morgan fingerprint density at radius 1 is 1.33 bits per heavy atom. The number of carboxylic acid groups (broad SMARTS) is 1. The molecular formula is C12H21NO7S. The van der Waals surface area contributed by atoms with Crippen molar-refractivity contribution in [3.8, 4) is 0 Å². The Bertz CT molecular complexity index is 536. The molecule has 0 aromatic carbocycles.